The maximum Gasteiger partial charge on any atom is 0.306 e. The van der Waals surface area contributed by atoms with E-state index in [-0.39, 0.29) is 37.5 Å². The maximum atomic E-state index is 12.9. The number of carbonyl (C=O) groups excluding carboxylic acids is 3. The summed E-state index contributed by atoms with van der Waals surface area (Å²) in [5.74, 6) is -0.979. The minimum Gasteiger partial charge on any atom is -0.462 e. The van der Waals surface area contributed by atoms with Crippen molar-refractivity contribution in [1.29, 1.82) is 0 Å². The van der Waals surface area contributed by atoms with Crippen LogP contribution in [0, 0.1) is 0 Å². The summed E-state index contributed by atoms with van der Waals surface area (Å²) in [7, 11) is 0. The van der Waals surface area contributed by atoms with Crippen LogP contribution in [0.2, 0.25) is 0 Å². The Bertz CT molecular complexity index is 1670. The first-order valence-corrected chi connectivity index (χ1v) is 34.0. The lowest BCUT2D eigenvalue weighted by atomic mass is 10.0. The van der Waals surface area contributed by atoms with E-state index in [4.69, 9.17) is 14.2 Å². The van der Waals surface area contributed by atoms with E-state index < -0.39 is 6.10 Å². The van der Waals surface area contributed by atoms with Crippen LogP contribution in [-0.4, -0.2) is 37.2 Å². The zero-order valence-corrected chi connectivity index (χ0v) is 53.0. The minimum atomic E-state index is -0.820. The van der Waals surface area contributed by atoms with Crippen molar-refractivity contribution < 1.29 is 28.6 Å². The van der Waals surface area contributed by atoms with Gasteiger partial charge in [0.25, 0.3) is 0 Å². The predicted octanol–water partition coefficient (Wildman–Crippen LogP) is 23.6. The van der Waals surface area contributed by atoms with E-state index in [2.05, 4.69) is 136 Å². The van der Waals surface area contributed by atoms with Gasteiger partial charge in [-0.25, -0.2) is 0 Å². The molecule has 0 fully saturated rings. The minimum absolute atomic E-state index is 0.106. The van der Waals surface area contributed by atoms with Gasteiger partial charge < -0.3 is 14.2 Å². The molecule has 0 radical (unpaired) electrons. The smallest absolute Gasteiger partial charge is 0.306 e. The highest BCUT2D eigenvalue weighted by Crippen LogP contribution is 2.17. The molecule has 6 nitrogen and oxygen atoms in total. The maximum absolute atomic E-state index is 12.9. The van der Waals surface area contributed by atoms with Gasteiger partial charge in [0.05, 0.1) is 0 Å². The van der Waals surface area contributed by atoms with Gasteiger partial charge in [-0.15, -0.1) is 0 Å². The van der Waals surface area contributed by atoms with Crippen LogP contribution >= 0.6 is 0 Å². The Morgan fingerprint density at radius 3 is 0.802 bits per heavy atom. The van der Waals surface area contributed by atoms with Crippen LogP contribution in [0.1, 0.15) is 316 Å². The fourth-order valence-corrected chi connectivity index (χ4v) is 9.46. The van der Waals surface area contributed by atoms with Crippen LogP contribution in [-0.2, 0) is 28.6 Å². The van der Waals surface area contributed by atoms with Crippen molar-refractivity contribution in [2.45, 2.75) is 322 Å². The second kappa shape index (κ2) is 68.3. The standard InChI is InChI=1S/C75H126O6/c1-4-7-10-13-16-19-22-25-28-30-32-33-34-35-36-37-38-39-40-41-43-44-47-50-53-56-59-62-65-68-74(77)80-71-72(70-79-73(76)67-64-61-58-55-52-49-46-27-24-21-18-15-12-9-6-3)81-75(78)69-66-63-60-57-54-51-48-45-42-31-29-26-23-20-17-14-11-8-5-2/h7-8,10-11,16-17,19-20,25-26,28-29,32-33,42,45,51,54,60,63,72H,4-6,9,12-15,18,21-24,27,30-31,34-41,43-44,46-50,52-53,55-59,61-62,64-71H2,1-3H3/b10-7-,11-8-,19-16-,20-17-,28-25-,29-26-,33-32-,45-42-,54-51-,63-60-. The fourth-order valence-electron chi connectivity index (χ4n) is 9.46. The first-order chi connectivity index (χ1) is 40.0. The molecule has 0 aromatic heterocycles. The molecule has 0 aliphatic heterocycles. The predicted molar refractivity (Wildman–Crippen MR) is 353 cm³/mol. The number of rotatable bonds is 61. The Kier molecular flexibility index (Phi) is 64.8. The van der Waals surface area contributed by atoms with Crippen molar-refractivity contribution >= 4 is 17.9 Å². The third-order valence-corrected chi connectivity index (χ3v) is 14.5. The van der Waals surface area contributed by atoms with Gasteiger partial charge in [0, 0.05) is 19.3 Å². The number of unbranched alkanes of at least 4 members (excludes halogenated alkanes) is 30. The lowest BCUT2D eigenvalue weighted by Crippen LogP contribution is -2.30. The number of ether oxygens (including phenoxy) is 3. The van der Waals surface area contributed by atoms with Gasteiger partial charge in [-0.2, -0.15) is 0 Å². The number of hydrogen-bond acceptors (Lipinski definition) is 6. The molecule has 0 saturated carbocycles. The summed E-state index contributed by atoms with van der Waals surface area (Å²) in [6.45, 7) is 6.38. The Morgan fingerprint density at radius 2 is 0.506 bits per heavy atom. The molecule has 1 atom stereocenters. The summed E-state index contributed by atoms with van der Waals surface area (Å²) < 4.78 is 16.9. The molecule has 0 bridgehead atoms. The molecule has 462 valence electrons. The van der Waals surface area contributed by atoms with Crippen LogP contribution < -0.4 is 0 Å². The number of allylic oxidation sites excluding steroid dienone is 20. The summed E-state index contributed by atoms with van der Waals surface area (Å²) in [5.41, 5.74) is 0. The van der Waals surface area contributed by atoms with E-state index in [0.717, 1.165) is 103 Å². The summed E-state index contributed by atoms with van der Waals surface area (Å²) in [5, 5.41) is 0. The molecule has 0 aromatic rings. The first-order valence-electron chi connectivity index (χ1n) is 34.0. The zero-order chi connectivity index (χ0) is 58.5. The van der Waals surface area contributed by atoms with Crippen molar-refractivity contribution in [1.82, 2.24) is 0 Å². The van der Waals surface area contributed by atoms with Gasteiger partial charge in [0.2, 0.25) is 0 Å². The summed E-state index contributed by atoms with van der Waals surface area (Å²) in [6, 6.07) is 0. The quantitative estimate of drug-likeness (QED) is 0.0261. The van der Waals surface area contributed by atoms with E-state index in [1.165, 1.54) is 167 Å². The highest BCUT2D eigenvalue weighted by Gasteiger charge is 2.19. The summed E-state index contributed by atoms with van der Waals surface area (Å²) >= 11 is 0. The molecule has 0 N–H and O–H groups in total. The van der Waals surface area contributed by atoms with Crippen molar-refractivity contribution in [3.8, 4) is 0 Å². The molecule has 0 amide bonds. The van der Waals surface area contributed by atoms with Crippen LogP contribution in [0.25, 0.3) is 0 Å². The molecule has 0 rings (SSSR count). The summed E-state index contributed by atoms with van der Waals surface area (Å²) in [6.07, 6.45) is 95.2. The van der Waals surface area contributed by atoms with Crippen LogP contribution in [0.15, 0.2) is 122 Å². The zero-order valence-electron chi connectivity index (χ0n) is 53.0. The molecule has 0 spiro atoms. The van der Waals surface area contributed by atoms with Crippen molar-refractivity contribution in [3.63, 3.8) is 0 Å². The van der Waals surface area contributed by atoms with E-state index >= 15 is 0 Å². The lowest BCUT2D eigenvalue weighted by molar-refractivity contribution is -0.166. The largest absolute Gasteiger partial charge is 0.462 e. The highest BCUT2D eigenvalue weighted by atomic mass is 16.6. The van der Waals surface area contributed by atoms with Crippen molar-refractivity contribution in [2.75, 3.05) is 13.2 Å². The average Bonchev–Trinajstić information content (AvgIpc) is 3.47. The Hall–Kier alpha value is -4.19. The van der Waals surface area contributed by atoms with E-state index in [1.54, 1.807) is 0 Å². The molecule has 6 heteroatoms. The molecule has 0 aliphatic rings. The molecule has 0 aromatic carbocycles. The number of esters is 3. The SMILES string of the molecule is CC/C=C\C/C=C\C/C=C\C/C=C\C/C=C\C/C=C\CCC(=O)OC(COC(=O)CCCCCCCCCCCCCCCCC)COC(=O)CCCCCCCCCCCCCCCCCC/C=C\C/C=C\C/C=C\C/C=C\CC. The van der Waals surface area contributed by atoms with Gasteiger partial charge in [0.15, 0.2) is 6.10 Å². The Labute approximate surface area is 501 Å². The van der Waals surface area contributed by atoms with Gasteiger partial charge in [0.1, 0.15) is 13.2 Å². The third-order valence-electron chi connectivity index (χ3n) is 14.5. The number of carbonyl (C=O) groups is 3. The molecule has 0 aliphatic carbocycles. The van der Waals surface area contributed by atoms with Crippen LogP contribution in [0.5, 0.6) is 0 Å². The molecule has 0 saturated heterocycles. The molecular formula is C75H126O6. The normalized spacial score (nSPS) is 12.9. The topological polar surface area (TPSA) is 78.9 Å². The molecular weight excluding hydrogens is 997 g/mol. The molecule has 1 unspecified atom stereocenters. The summed E-state index contributed by atoms with van der Waals surface area (Å²) in [4.78, 5) is 38.4. The Balaban J connectivity index is 4.35. The van der Waals surface area contributed by atoms with E-state index in [1.807, 2.05) is 6.08 Å². The van der Waals surface area contributed by atoms with Crippen LogP contribution in [0.3, 0.4) is 0 Å². The monoisotopic (exact) mass is 1120 g/mol. The van der Waals surface area contributed by atoms with Crippen molar-refractivity contribution in [3.05, 3.63) is 122 Å². The van der Waals surface area contributed by atoms with Crippen molar-refractivity contribution in [2.24, 2.45) is 0 Å². The van der Waals surface area contributed by atoms with E-state index in [0.29, 0.717) is 19.3 Å². The fraction of sp³-hybridized carbons (Fsp3) is 0.693. The second-order valence-electron chi connectivity index (χ2n) is 22.3. The second-order valence-corrected chi connectivity index (χ2v) is 22.3. The van der Waals surface area contributed by atoms with Gasteiger partial charge in [-0.3, -0.25) is 14.4 Å². The van der Waals surface area contributed by atoms with Crippen LogP contribution in [0.4, 0.5) is 0 Å². The average molecular weight is 1120 g/mol. The van der Waals surface area contributed by atoms with Gasteiger partial charge >= 0.3 is 17.9 Å². The van der Waals surface area contributed by atoms with Gasteiger partial charge in [-0.1, -0.05) is 322 Å². The lowest BCUT2D eigenvalue weighted by Gasteiger charge is -2.18. The highest BCUT2D eigenvalue weighted by molar-refractivity contribution is 5.71. The molecule has 81 heavy (non-hydrogen) atoms. The number of hydrogen-bond donors (Lipinski definition) is 0. The third kappa shape index (κ3) is 66.5. The van der Waals surface area contributed by atoms with Gasteiger partial charge in [-0.05, 0) is 96.3 Å². The molecule has 0 heterocycles. The van der Waals surface area contributed by atoms with E-state index in [9.17, 15) is 14.4 Å². The first kappa shape index (κ1) is 76.8. The Morgan fingerprint density at radius 1 is 0.259 bits per heavy atom.